The van der Waals surface area contributed by atoms with E-state index in [0.29, 0.717) is 24.4 Å². The number of rotatable bonds is 6. The summed E-state index contributed by atoms with van der Waals surface area (Å²) in [6.07, 6.45) is 3.84. The Labute approximate surface area is 144 Å². The van der Waals surface area contributed by atoms with E-state index in [1.165, 1.54) is 6.07 Å². The lowest BCUT2D eigenvalue weighted by molar-refractivity contribution is -0.121. The molecule has 1 fully saturated rings. The first-order valence-electron chi connectivity index (χ1n) is 8.21. The van der Waals surface area contributed by atoms with E-state index in [1.54, 1.807) is 12.1 Å². The van der Waals surface area contributed by atoms with Crippen LogP contribution in [0.25, 0.3) is 0 Å². The lowest BCUT2D eigenvalue weighted by Gasteiger charge is -2.26. The SMILES string of the molecule is CC(C)(CNC(=O)CCC1CCNCC1)c1ccccc1F.Cl. The van der Waals surface area contributed by atoms with Gasteiger partial charge in [0, 0.05) is 18.4 Å². The summed E-state index contributed by atoms with van der Waals surface area (Å²) in [5.74, 6) is 0.519. The van der Waals surface area contributed by atoms with Crippen LogP contribution in [0.15, 0.2) is 24.3 Å². The van der Waals surface area contributed by atoms with Gasteiger partial charge < -0.3 is 10.6 Å². The van der Waals surface area contributed by atoms with Crippen LogP contribution in [0.4, 0.5) is 4.39 Å². The van der Waals surface area contributed by atoms with Gasteiger partial charge in [-0.15, -0.1) is 12.4 Å². The van der Waals surface area contributed by atoms with Gasteiger partial charge in [0.2, 0.25) is 5.91 Å². The monoisotopic (exact) mass is 342 g/mol. The molecule has 1 amide bonds. The highest BCUT2D eigenvalue weighted by molar-refractivity contribution is 5.85. The molecule has 0 unspecified atom stereocenters. The van der Waals surface area contributed by atoms with E-state index in [1.807, 2.05) is 19.9 Å². The van der Waals surface area contributed by atoms with Crippen molar-refractivity contribution in [3.63, 3.8) is 0 Å². The molecule has 1 aromatic carbocycles. The third kappa shape index (κ3) is 6.11. The molecule has 1 aliphatic heterocycles. The average Bonchev–Trinajstić information content (AvgIpc) is 2.52. The smallest absolute Gasteiger partial charge is 0.220 e. The van der Waals surface area contributed by atoms with Gasteiger partial charge in [0.25, 0.3) is 0 Å². The summed E-state index contributed by atoms with van der Waals surface area (Å²) in [6.45, 7) is 6.50. The Morgan fingerprint density at radius 2 is 1.96 bits per heavy atom. The molecule has 130 valence electrons. The Hall–Kier alpha value is -1.13. The van der Waals surface area contributed by atoms with Crippen LogP contribution < -0.4 is 10.6 Å². The first kappa shape index (κ1) is 19.9. The first-order valence-corrected chi connectivity index (χ1v) is 8.21. The Morgan fingerprint density at radius 1 is 1.30 bits per heavy atom. The van der Waals surface area contributed by atoms with Crippen LogP contribution in [-0.2, 0) is 10.2 Å². The highest BCUT2D eigenvalue weighted by Gasteiger charge is 2.24. The molecule has 0 radical (unpaired) electrons. The Morgan fingerprint density at radius 3 is 2.61 bits per heavy atom. The van der Waals surface area contributed by atoms with Gasteiger partial charge in [-0.1, -0.05) is 32.0 Å². The molecule has 5 heteroatoms. The first-order chi connectivity index (χ1) is 10.5. The topological polar surface area (TPSA) is 41.1 Å². The average molecular weight is 343 g/mol. The van der Waals surface area contributed by atoms with Crippen LogP contribution in [0, 0.1) is 11.7 Å². The molecule has 1 aromatic rings. The number of hydrogen-bond donors (Lipinski definition) is 2. The van der Waals surface area contributed by atoms with Crippen molar-refractivity contribution in [1.29, 1.82) is 0 Å². The minimum atomic E-state index is -0.407. The van der Waals surface area contributed by atoms with Crippen molar-refractivity contribution >= 4 is 18.3 Å². The second-order valence-electron chi connectivity index (χ2n) is 6.87. The number of halogens is 2. The molecule has 0 aromatic heterocycles. The molecule has 2 N–H and O–H groups in total. The molecule has 0 aliphatic carbocycles. The lowest BCUT2D eigenvalue weighted by Crippen LogP contribution is -2.37. The van der Waals surface area contributed by atoms with Gasteiger partial charge in [-0.25, -0.2) is 4.39 Å². The van der Waals surface area contributed by atoms with E-state index >= 15 is 0 Å². The fourth-order valence-electron chi connectivity index (χ4n) is 3.02. The highest BCUT2D eigenvalue weighted by atomic mass is 35.5. The molecule has 2 rings (SSSR count). The maximum atomic E-state index is 13.9. The fourth-order valence-corrected chi connectivity index (χ4v) is 3.02. The fraction of sp³-hybridized carbons (Fsp3) is 0.611. The van der Waals surface area contributed by atoms with Crippen LogP contribution in [0.5, 0.6) is 0 Å². The van der Waals surface area contributed by atoms with E-state index in [4.69, 9.17) is 0 Å². The molecular formula is C18H28ClFN2O. The largest absolute Gasteiger partial charge is 0.355 e. The number of carbonyl (C=O) groups excluding carboxylic acids is 1. The van der Waals surface area contributed by atoms with Crippen molar-refractivity contribution < 1.29 is 9.18 Å². The zero-order valence-electron chi connectivity index (χ0n) is 14.0. The van der Waals surface area contributed by atoms with Crippen LogP contribution >= 0.6 is 12.4 Å². The van der Waals surface area contributed by atoms with E-state index in [0.717, 1.165) is 32.4 Å². The maximum absolute atomic E-state index is 13.9. The normalized spacial score (nSPS) is 15.8. The zero-order valence-corrected chi connectivity index (χ0v) is 14.8. The predicted octanol–water partition coefficient (Wildman–Crippen LogP) is 3.42. The highest BCUT2D eigenvalue weighted by Crippen LogP contribution is 2.25. The van der Waals surface area contributed by atoms with Gasteiger partial charge in [-0.05, 0) is 49.9 Å². The van der Waals surface area contributed by atoms with Crippen molar-refractivity contribution in [2.45, 2.75) is 44.9 Å². The summed E-state index contributed by atoms with van der Waals surface area (Å²) < 4.78 is 13.9. The number of benzene rings is 1. The molecule has 0 atom stereocenters. The Bertz CT molecular complexity index is 502. The third-order valence-corrected chi connectivity index (χ3v) is 4.57. The molecule has 0 bridgehead atoms. The minimum absolute atomic E-state index is 0. The van der Waals surface area contributed by atoms with Crippen molar-refractivity contribution in [3.8, 4) is 0 Å². The standard InChI is InChI=1S/C18H27FN2O.ClH/c1-18(2,15-5-3-4-6-16(15)19)13-21-17(22)8-7-14-9-11-20-12-10-14;/h3-6,14,20H,7-13H2,1-2H3,(H,21,22);1H. The third-order valence-electron chi connectivity index (χ3n) is 4.57. The molecule has 3 nitrogen and oxygen atoms in total. The Balaban J connectivity index is 0.00000264. The summed E-state index contributed by atoms with van der Waals surface area (Å²) in [5, 5.41) is 6.30. The van der Waals surface area contributed by atoms with E-state index < -0.39 is 5.41 Å². The summed E-state index contributed by atoms with van der Waals surface area (Å²) in [4.78, 5) is 12.0. The summed E-state index contributed by atoms with van der Waals surface area (Å²) >= 11 is 0. The number of amides is 1. The van der Waals surface area contributed by atoms with Crippen molar-refractivity contribution in [3.05, 3.63) is 35.6 Å². The lowest BCUT2D eigenvalue weighted by atomic mass is 9.84. The van der Waals surface area contributed by atoms with Gasteiger partial charge in [0.1, 0.15) is 5.82 Å². The summed E-state index contributed by atoms with van der Waals surface area (Å²) in [7, 11) is 0. The maximum Gasteiger partial charge on any atom is 0.220 e. The van der Waals surface area contributed by atoms with Crippen molar-refractivity contribution in [1.82, 2.24) is 10.6 Å². The number of piperidine rings is 1. The van der Waals surface area contributed by atoms with Crippen LogP contribution in [-0.4, -0.2) is 25.5 Å². The van der Waals surface area contributed by atoms with Crippen LogP contribution in [0.2, 0.25) is 0 Å². The van der Waals surface area contributed by atoms with Crippen molar-refractivity contribution in [2.75, 3.05) is 19.6 Å². The summed E-state index contributed by atoms with van der Waals surface area (Å²) in [6, 6.07) is 6.78. The molecule has 0 spiro atoms. The molecule has 1 heterocycles. The number of nitrogens with one attached hydrogen (secondary N) is 2. The van der Waals surface area contributed by atoms with Crippen molar-refractivity contribution in [2.24, 2.45) is 5.92 Å². The second-order valence-corrected chi connectivity index (χ2v) is 6.87. The summed E-state index contributed by atoms with van der Waals surface area (Å²) in [5.41, 5.74) is 0.240. The zero-order chi connectivity index (χ0) is 16.0. The minimum Gasteiger partial charge on any atom is -0.355 e. The molecule has 1 saturated heterocycles. The van der Waals surface area contributed by atoms with Gasteiger partial charge in [0.05, 0.1) is 0 Å². The van der Waals surface area contributed by atoms with E-state index in [9.17, 15) is 9.18 Å². The molecule has 0 saturated carbocycles. The van der Waals surface area contributed by atoms with Gasteiger partial charge >= 0.3 is 0 Å². The number of hydrogen-bond acceptors (Lipinski definition) is 2. The predicted molar refractivity (Wildman–Crippen MR) is 94.5 cm³/mol. The van der Waals surface area contributed by atoms with E-state index in [-0.39, 0.29) is 24.1 Å². The molecule has 23 heavy (non-hydrogen) atoms. The quantitative estimate of drug-likeness (QED) is 0.831. The number of carbonyl (C=O) groups is 1. The van der Waals surface area contributed by atoms with Gasteiger partial charge in [-0.3, -0.25) is 4.79 Å². The van der Waals surface area contributed by atoms with Crippen LogP contribution in [0.3, 0.4) is 0 Å². The van der Waals surface area contributed by atoms with E-state index in [2.05, 4.69) is 10.6 Å². The molecular weight excluding hydrogens is 315 g/mol. The second kappa shape index (κ2) is 9.24. The van der Waals surface area contributed by atoms with Crippen LogP contribution in [0.1, 0.15) is 45.1 Å². The Kier molecular flexibility index (Phi) is 8.00. The molecule has 1 aliphatic rings. The van der Waals surface area contributed by atoms with Gasteiger partial charge in [-0.2, -0.15) is 0 Å². The van der Waals surface area contributed by atoms with Gasteiger partial charge in [0.15, 0.2) is 0 Å².